The Balaban J connectivity index is 0.00000300. The van der Waals surface area contributed by atoms with Gasteiger partial charge in [-0.05, 0) is 45.0 Å². The lowest BCUT2D eigenvalue weighted by molar-refractivity contribution is 0.571. The third-order valence-corrected chi connectivity index (χ3v) is 5.10. The number of aryl methyl sites for hydroxylation is 2. The third kappa shape index (κ3) is 6.77. The minimum absolute atomic E-state index is 0. The molecule has 0 unspecified atom stereocenters. The quantitative estimate of drug-likeness (QED) is 0.269. The summed E-state index contributed by atoms with van der Waals surface area (Å²) < 4.78 is 18.5. The molecule has 0 saturated carbocycles. The molecule has 29 heavy (non-hydrogen) atoms. The zero-order valence-corrected chi connectivity index (χ0v) is 19.8. The number of rotatable bonds is 7. The molecule has 0 saturated heterocycles. The van der Waals surface area contributed by atoms with E-state index in [0.29, 0.717) is 25.4 Å². The van der Waals surface area contributed by atoms with E-state index in [4.69, 9.17) is 4.42 Å². The highest BCUT2D eigenvalue weighted by Crippen LogP contribution is 2.19. The second-order valence-electron chi connectivity index (χ2n) is 6.26. The van der Waals surface area contributed by atoms with Crippen molar-refractivity contribution in [2.24, 2.45) is 4.99 Å². The highest BCUT2D eigenvalue weighted by atomic mass is 127. The molecule has 0 bridgehead atoms. The lowest BCUT2D eigenvalue weighted by Gasteiger charge is -2.10. The maximum absolute atomic E-state index is 13.0. The molecule has 0 spiro atoms. The summed E-state index contributed by atoms with van der Waals surface area (Å²) in [5.74, 6) is 0.973. The smallest absolute Gasteiger partial charge is 0.226 e. The highest BCUT2D eigenvalue weighted by molar-refractivity contribution is 14.0. The van der Waals surface area contributed by atoms with Crippen molar-refractivity contribution in [3.05, 3.63) is 57.6 Å². The Labute approximate surface area is 191 Å². The molecule has 2 aromatic heterocycles. The predicted molar refractivity (Wildman–Crippen MR) is 125 cm³/mol. The number of guanidine groups is 1. The molecule has 156 valence electrons. The van der Waals surface area contributed by atoms with Crippen LogP contribution in [0.4, 0.5) is 4.39 Å². The zero-order valence-electron chi connectivity index (χ0n) is 16.7. The average molecular weight is 529 g/mol. The van der Waals surface area contributed by atoms with Crippen LogP contribution < -0.4 is 10.6 Å². The molecule has 3 aromatic rings. The van der Waals surface area contributed by atoms with Crippen molar-refractivity contribution >= 4 is 41.3 Å². The summed E-state index contributed by atoms with van der Waals surface area (Å²) >= 11 is 1.68. The second kappa shape index (κ2) is 11.2. The first-order valence-corrected chi connectivity index (χ1v) is 10.0. The Kier molecular flexibility index (Phi) is 9.02. The van der Waals surface area contributed by atoms with Crippen molar-refractivity contribution in [1.29, 1.82) is 0 Å². The first-order valence-electron chi connectivity index (χ1n) is 9.20. The van der Waals surface area contributed by atoms with Crippen LogP contribution >= 0.6 is 35.3 Å². The minimum Gasteiger partial charge on any atom is -0.444 e. The van der Waals surface area contributed by atoms with Gasteiger partial charge in [0.05, 0.1) is 22.9 Å². The fourth-order valence-electron chi connectivity index (χ4n) is 2.67. The number of thiazole rings is 1. The van der Waals surface area contributed by atoms with E-state index in [1.807, 2.05) is 20.8 Å². The van der Waals surface area contributed by atoms with Gasteiger partial charge >= 0.3 is 0 Å². The fraction of sp³-hybridized carbons (Fsp3) is 0.350. The van der Waals surface area contributed by atoms with Crippen LogP contribution in [-0.4, -0.2) is 29.0 Å². The van der Waals surface area contributed by atoms with Gasteiger partial charge in [-0.1, -0.05) is 0 Å². The molecule has 0 aliphatic rings. The van der Waals surface area contributed by atoms with Crippen LogP contribution in [0.15, 0.2) is 39.9 Å². The van der Waals surface area contributed by atoms with E-state index in [2.05, 4.69) is 25.6 Å². The van der Waals surface area contributed by atoms with Crippen molar-refractivity contribution in [2.75, 3.05) is 13.1 Å². The van der Waals surface area contributed by atoms with Crippen molar-refractivity contribution in [3.8, 4) is 11.5 Å². The van der Waals surface area contributed by atoms with E-state index >= 15 is 0 Å². The maximum atomic E-state index is 13.0. The van der Waals surface area contributed by atoms with Gasteiger partial charge in [0.2, 0.25) is 5.89 Å². The van der Waals surface area contributed by atoms with Gasteiger partial charge in [-0.25, -0.2) is 19.4 Å². The number of hydrogen-bond donors (Lipinski definition) is 2. The molecule has 3 rings (SSSR count). The standard InChI is InChI=1S/C20H24FN5OS.HI/c1-4-22-20(24-11-18-13(2)25-14(3)28-18)23-10-9-17-12-27-19(26-17)15-5-7-16(21)8-6-15;/h5-8,12H,4,9-11H2,1-3H3,(H2,22,23,24);1H. The molecule has 0 aliphatic heterocycles. The average Bonchev–Trinajstić information content (AvgIpc) is 3.26. The number of benzene rings is 1. The maximum Gasteiger partial charge on any atom is 0.226 e. The van der Waals surface area contributed by atoms with Crippen molar-refractivity contribution in [3.63, 3.8) is 0 Å². The number of aromatic nitrogens is 2. The van der Waals surface area contributed by atoms with E-state index in [9.17, 15) is 4.39 Å². The van der Waals surface area contributed by atoms with E-state index in [1.165, 1.54) is 17.0 Å². The summed E-state index contributed by atoms with van der Waals surface area (Å²) in [5.41, 5.74) is 2.63. The number of halogens is 2. The molecular formula is C20H25FIN5OS. The Morgan fingerprint density at radius 1 is 1.17 bits per heavy atom. The van der Waals surface area contributed by atoms with Gasteiger partial charge in [-0.15, -0.1) is 35.3 Å². The minimum atomic E-state index is -0.279. The van der Waals surface area contributed by atoms with E-state index in [0.717, 1.165) is 34.5 Å². The van der Waals surface area contributed by atoms with Crippen LogP contribution in [-0.2, 0) is 13.0 Å². The molecule has 0 fully saturated rings. The normalized spacial score (nSPS) is 11.2. The number of aliphatic imine (C=N–C) groups is 1. The largest absolute Gasteiger partial charge is 0.444 e. The summed E-state index contributed by atoms with van der Waals surface area (Å²) in [7, 11) is 0. The van der Waals surface area contributed by atoms with Gasteiger partial charge in [0.15, 0.2) is 5.96 Å². The molecule has 0 radical (unpaired) electrons. The summed E-state index contributed by atoms with van der Waals surface area (Å²) in [6, 6.07) is 6.10. The van der Waals surface area contributed by atoms with E-state index in [-0.39, 0.29) is 29.8 Å². The Hall–Kier alpha value is -2.01. The van der Waals surface area contributed by atoms with Crippen LogP contribution in [0.2, 0.25) is 0 Å². The molecule has 9 heteroatoms. The highest BCUT2D eigenvalue weighted by Gasteiger charge is 2.08. The molecule has 2 N–H and O–H groups in total. The van der Waals surface area contributed by atoms with Gasteiger partial charge in [-0.3, -0.25) is 0 Å². The van der Waals surface area contributed by atoms with Crippen LogP contribution in [0.5, 0.6) is 0 Å². The molecule has 0 amide bonds. The summed E-state index contributed by atoms with van der Waals surface area (Å²) in [6.45, 7) is 8.11. The van der Waals surface area contributed by atoms with Crippen LogP contribution in [0.25, 0.3) is 11.5 Å². The Morgan fingerprint density at radius 3 is 2.59 bits per heavy atom. The van der Waals surface area contributed by atoms with Gasteiger partial charge in [-0.2, -0.15) is 0 Å². The van der Waals surface area contributed by atoms with Gasteiger partial charge in [0, 0.05) is 30.0 Å². The first-order chi connectivity index (χ1) is 13.5. The van der Waals surface area contributed by atoms with Crippen LogP contribution in [0.1, 0.15) is 28.2 Å². The van der Waals surface area contributed by atoms with Gasteiger partial charge in [0.25, 0.3) is 0 Å². The molecular weight excluding hydrogens is 504 g/mol. The summed E-state index contributed by atoms with van der Waals surface area (Å²) in [4.78, 5) is 14.7. The van der Waals surface area contributed by atoms with Gasteiger partial charge in [0.1, 0.15) is 12.1 Å². The van der Waals surface area contributed by atoms with Crippen LogP contribution in [0, 0.1) is 19.7 Å². The van der Waals surface area contributed by atoms with Crippen LogP contribution in [0.3, 0.4) is 0 Å². The first kappa shape index (κ1) is 23.3. The van der Waals surface area contributed by atoms with Crippen molar-refractivity contribution in [1.82, 2.24) is 20.6 Å². The molecule has 6 nitrogen and oxygen atoms in total. The SMILES string of the molecule is CCNC(=NCc1sc(C)nc1C)NCCc1coc(-c2ccc(F)cc2)n1.I. The van der Waals surface area contributed by atoms with Crippen molar-refractivity contribution < 1.29 is 8.81 Å². The van der Waals surface area contributed by atoms with E-state index < -0.39 is 0 Å². The van der Waals surface area contributed by atoms with Crippen molar-refractivity contribution in [2.45, 2.75) is 33.7 Å². The lowest BCUT2D eigenvalue weighted by Crippen LogP contribution is -2.38. The second-order valence-corrected chi connectivity index (χ2v) is 7.55. The number of nitrogens with one attached hydrogen (secondary N) is 2. The van der Waals surface area contributed by atoms with E-state index in [1.54, 1.807) is 29.7 Å². The topological polar surface area (TPSA) is 75.3 Å². The predicted octanol–water partition coefficient (Wildman–Crippen LogP) is 4.47. The third-order valence-electron chi connectivity index (χ3n) is 4.04. The summed E-state index contributed by atoms with van der Waals surface area (Å²) in [6.07, 6.45) is 2.32. The van der Waals surface area contributed by atoms with Gasteiger partial charge < -0.3 is 15.1 Å². The molecule has 0 atom stereocenters. The fourth-order valence-corrected chi connectivity index (χ4v) is 3.53. The Morgan fingerprint density at radius 2 is 1.93 bits per heavy atom. The molecule has 1 aromatic carbocycles. The lowest BCUT2D eigenvalue weighted by atomic mass is 10.2. The monoisotopic (exact) mass is 529 g/mol. The molecule has 0 aliphatic carbocycles. The zero-order chi connectivity index (χ0) is 19.9. The number of oxazole rings is 1. The number of nitrogens with zero attached hydrogens (tertiary/aromatic N) is 3. The Bertz CT molecular complexity index is 939. The molecule has 2 heterocycles. The number of hydrogen-bond acceptors (Lipinski definition) is 5. The summed E-state index contributed by atoms with van der Waals surface area (Å²) in [5, 5.41) is 7.62.